The predicted octanol–water partition coefficient (Wildman–Crippen LogP) is 6.10. The summed E-state index contributed by atoms with van der Waals surface area (Å²) in [5.41, 5.74) is 6.34. The quantitative estimate of drug-likeness (QED) is 0.270. The third kappa shape index (κ3) is 4.59. The molecule has 13 heteroatoms. The number of benzene rings is 2. The number of halogens is 4. The maximum absolute atomic E-state index is 16.8. The first kappa shape index (κ1) is 28.5. The molecule has 0 bridgehead atoms. The molecule has 0 radical (unpaired) electrons. The molecular formula is C31H33ClF3N7OS. The van der Waals surface area contributed by atoms with Crippen molar-refractivity contribution in [3.8, 4) is 17.1 Å². The molecule has 2 aromatic heterocycles. The molecule has 3 N–H and O–H groups in total. The highest BCUT2D eigenvalue weighted by molar-refractivity contribution is 7.22. The number of fused-ring (bicyclic) bond motifs is 3. The second kappa shape index (κ2) is 10.6. The van der Waals surface area contributed by atoms with Crippen molar-refractivity contribution in [1.29, 1.82) is 0 Å². The number of hydrogen-bond acceptors (Lipinski definition) is 9. The third-order valence-corrected chi connectivity index (χ3v) is 11.4. The average Bonchev–Trinajstić information content (AvgIpc) is 3.58. The van der Waals surface area contributed by atoms with Crippen LogP contribution in [0.25, 0.3) is 32.2 Å². The number of hydrogen-bond donors (Lipinski definition) is 2. The van der Waals surface area contributed by atoms with E-state index < -0.39 is 23.3 Å². The van der Waals surface area contributed by atoms with Crippen LogP contribution in [0, 0.1) is 11.6 Å². The number of nitrogens with two attached hydrogens (primary N) is 1. The molecule has 6 heterocycles. The molecule has 4 saturated heterocycles. The molecule has 0 aliphatic carbocycles. The van der Waals surface area contributed by atoms with Crippen LogP contribution >= 0.6 is 22.9 Å². The van der Waals surface area contributed by atoms with Gasteiger partial charge in [-0.25, -0.2) is 18.2 Å². The zero-order chi connectivity index (χ0) is 30.2. The minimum atomic E-state index is -0.897. The largest absolute Gasteiger partial charge is 0.461 e. The molecule has 8 nitrogen and oxygen atoms in total. The number of aromatic nitrogens is 3. The van der Waals surface area contributed by atoms with Gasteiger partial charge in [0.1, 0.15) is 29.9 Å². The standard InChI is InChI=1S/C31H33ClF3N7OS/c32-20-13-19-24(23(35)22(20)18-3-4-21(34)26-25(18)38-28(36)44-26)39-29(43-16-31-6-2-11-42(31)15-17(33)14-31)40-27(19)41-10-1-5-30(8-12-41)7-9-37-30/h3-4,13,17,37H,1-2,5-12,14-16H2,(H2,36,38)/t17-,30?,31+/m1/s1. The summed E-state index contributed by atoms with van der Waals surface area (Å²) in [4.78, 5) is 18.1. The first-order valence-electron chi connectivity index (χ1n) is 15.3. The normalized spacial score (nSPS) is 27.3. The Hall–Kier alpha value is -2.93. The summed E-state index contributed by atoms with van der Waals surface area (Å²) in [6.45, 7) is 3.97. The minimum Gasteiger partial charge on any atom is -0.461 e. The highest BCUT2D eigenvalue weighted by atomic mass is 35.5. The van der Waals surface area contributed by atoms with Crippen LogP contribution in [0.15, 0.2) is 18.2 Å². The van der Waals surface area contributed by atoms with Crippen LogP contribution in [-0.2, 0) is 0 Å². The summed E-state index contributed by atoms with van der Waals surface area (Å²) in [6, 6.07) is 4.46. The van der Waals surface area contributed by atoms with Gasteiger partial charge >= 0.3 is 6.01 Å². The monoisotopic (exact) mass is 643 g/mol. The first-order chi connectivity index (χ1) is 21.2. The molecule has 44 heavy (non-hydrogen) atoms. The van der Waals surface area contributed by atoms with E-state index in [1.807, 2.05) is 0 Å². The molecule has 3 atom stereocenters. The predicted molar refractivity (Wildman–Crippen MR) is 167 cm³/mol. The van der Waals surface area contributed by atoms with E-state index in [0.29, 0.717) is 29.7 Å². The summed E-state index contributed by atoms with van der Waals surface area (Å²) in [6.07, 6.45) is 5.43. The molecule has 1 spiro atoms. The van der Waals surface area contributed by atoms with Crippen molar-refractivity contribution >= 4 is 55.0 Å². The van der Waals surface area contributed by atoms with E-state index in [1.54, 1.807) is 6.07 Å². The van der Waals surface area contributed by atoms with Gasteiger partial charge in [-0.3, -0.25) is 4.90 Å². The molecular weight excluding hydrogens is 611 g/mol. The van der Waals surface area contributed by atoms with Gasteiger partial charge in [-0.2, -0.15) is 9.97 Å². The summed E-state index contributed by atoms with van der Waals surface area (Å²) < 4.78 is 52.4. The van der Waals surface area contributed by atoms with Crippen LogP contribution < -0.4 is 20.7 Å². The Bertz CT molecular complexity index is 1780. The lowest BCUT2D eigenvalue weighted by molar-refractivity contribution is 0.107. The number of ether oxygens (including phenoxy) is 1. The Balaban J connectivity index is 1.25. The van der Waals surface area contributed by atoms with Crippen molar-refractivity contribution in [3.05, 3.63) is 34.9 Å². The molecule has 1 unspecified atom stereocenters. The molecule has 0 saturated carbocycles. The Kier molecular flexibility index (Phi) is 6.86. The Morgan fingerprint density at radius 3 is 2.73 bits per heavy atom. The topological polar surface area (TPSA) is 92.4 Å². The van der Waals surface area contributed by atoms with Gasteiger partial charge in [-0.1, -0.05) is 22.9 Å². The Morgan fingerprint density at radius 2 is 1.91 bits per heavy atom. The van der Waals surface area contributed by atoms with E-state index in [4.69, 9.17) is 27.1 Å². The first-order valence-corrected chi connectivity index (χ1v) is 16.5. The SMILES string of the molecule is Nc1nc2c(-c3c(Cl)cc4c(N5CCCC6(CCN6)CC5)nc(OC[C@@]56CCCN5C[C@H](F)C6)nc4c3F)ccc(F)c2s1. The van der Waals surface area contributed by atoms with Crippen molar-refractivity contribution in [2.24, 2.45) is 0 Å². The molecule has 232 valence electrons. The van der Waals surface area contributed by atoms with Crippen LogP contribution in [0.2, 0.25) is 5.02 Å². The zero-order valence-electron chi connectivity index (χ0n) is 24.1. The fraction of sp³-hybridized carbons (Fsp3) is 0.516. The summed E-state index contributed by atoms with van der Waals surface area (Å²) in [5, 5.41) is 4.41. The number of anilines is 2. The van der Waals surface area contributed by atoms with Crippen LogP contribution in [0.5, 0.6) is 6.01 Å². The van der Waals surface area contributed by atoms with Gasteiger partial charge in [0.15, 0.2) is 10.9 Å². The Labute approximate surface area is 261 Å². The highest BCUT2D eigenvalue weighted by Crippen LogP contribution is 2.44. The maximum atomic E-state index is 16.8. The van der Waals surface area contributed by atoms with Gasteiger partial charge in [-0.05, 0) is 69.8 Å². The molecule has 4 aliphatic rings. The van der Waals surface area contributed by atoms with E-state index in [2.05, 4.69) is 25.1 Å². The maximum Gasteiger partial charge on any atom is 0.319 e. The van der Waals surface area contributed by atoms with E-state index in [9.17, 15) is 8.78 Å². The van der Waals surface area contributed by atoms with Gasteiger partial charge < -0.3 is 20.7 Å². The second-order valence-electron chi connectivity index (χ2n) is 12.8. The van der Waals surface area contributed by atoms with Crippen molar-refractivity contribution in [2.45, 2.75) is 62.2 Å². The van der Waals surface area contributed by atoms with Crippen molar-refractivity contribution in [1.82, 2.24) is 25.2 Å². The lowest BCUT2D eigenvalue weighted by Crippen LogP contribution is -2.57. The van der Waals surface area contributed by atoms with Gasteiger partial charge in [0.2, 0.25) is 0 Å². The van der Waals surface area contributed by atoms with E-state index >= 15 is 4.39 Å². The number of alkyl halides is 1. The fourth-order valence-electron chi connectivity index (χ4n) is 7.87. The molecule has 2 aromatic carbocycles. The molecule has 0 amide bonds. The van der Waals surface area contributed by atoms with E-state index in [-0.39, 0.29) is 49.6 Å². The second-order valence-corrected chi connectivity index (χ2v) is 14.2. The molecule has 8 rings (SSSR count). The summed E-state index contributed by atoms with van der Waals surface area (Å²) in [7, 11) is 0. The smallest absolute Gasteiger partial charge is 0.319 e. The van der Waals surface area contributed by atoms with Crippen molar-refractivity contribution in [2.75, 3.05) is 50.0 Å². The minimum absolute atomic E-state index is 0.0473. The highest BCUT2D eigenvalue weighted by Gasteiger charge is 2.49. The number of thiazole rings is 1. The number of nitrogen functional groups attached to an aromatic ring is 1. The molecule has 4 aromatic rings. The van der Waals surface area contributed by atoms with Crippen molar-refractivity contribution in [3.63, 3.8) is 0 Å². The number of nitrogens with zero attached hydrogens (tertiary/aromatic N) is 5. The Morgan fingerprint density at radius 1 is 1.07 bits per heavy atom. The van der Waals surface area contributed by atoms with Crippen molar-refractivity contribution < 1.29 is 17.9 Å². The molecule has 4 fully saturated rings. The van der Waals surface area contributed by atoms with Crippen LogP contribution in [0.4, 0.5) is 24.1 Å². The van der Waals surface area contributed by atoms with Gasteiger partial charge in [0, 0.05) is 48.1 Å². The van der Waals surface area contributed by atoms with Gasteiger partial charge in [0.25, 0.3) is 0 Å². The lowest BCUT2D eigenvalue weighted by Gasteiger charge is -2.43. The zero-order valence-corrected chi connectivity index (χ0v) is 25.7. The van der Waals surface area contributed by atoms with E-state index in [1.165, 1.54) is 12.1 Å². The van der Waals surface area contributed by atoms with Gasteiger partial charge in [0.05, 0.1) is 20.8 Å². The number of nitrogens with one attached hydrogen (secondary N) is 1. The number of rotatable bonds is 5. The van der Waals surface area contributed by atoms with Crippen LogP contribution in [-0.4, -0.2) is 76.4 Å². The lowest BCUT2D eigenvalue weighted by atomic mass is 9.81. The van der Waals surface area contributed by atoms with Crippen LogP contribution in [0.1, 0.15) is 44.9 Å². The average molecular weight is 644 g/mol. The summed E-state index contributed by atoms with van der Waals surface area (Å²) in [5.74, 6) is -0.595. The van der Waals surface area contributed by atoms with Gasteiger partial charge in [-0.15, -0.1) is 0 Å². The third-order valence-electron chi connectivity index (χ3n) is 10.2. The van der Waals surface area contributed by atoms with E-state index in [0.717, 1.165) is 76.0 Å². The fourth-order valence-corrected chi connectivity index (χ4v) is 8.92. The molecule has 4 aliphatic heterocycles. The van der Waals surface area contributed by atoms with Crippen LogP contribution in [0.3, 0.4) is 0 Å². The summed E-state index contributed by atoms with van der Waals surface area (Å²) >= 11 is 7.82.